The standard InChI is InChI=1S/C19H19N3O3/c1-3-22-16-10-5-4-9-15(16)18(23)17(21-22)19(24)20-12-13-7-6-8-14(11-13)25-2/h4-11H,3,12H2,1-2H3,(H,20,24). The number of hydrogen-bond acceptors (Lipinski definition) is 4. The van der Waals surface area contributed by atoms with Crippen LogP contribution in [0.15, 0.2) is 53.3 Å². The van der Waals surface area contributed by atoms with Crippen molar-refractivity contribution in [3.8, 4) is 5.75 Å². The summed E-state index contributed by atoms with van der Waals surface area (Å²) >= 11 is 0. The zero-order chi connectivity index (χ0) is 17.8. The number of aromatic nitrogens is 2. The van der Waals surface area contributed by atoms with Crippen LogP contribution in [-0.2, 0) is 13.1 Å². The van der Waals surface area contributed by atoms with Crippen molar-refractivity contribution in [1.29, 1.82) is 0 Å². The number of hydrogen-bond donors (Lipinski definition) is 1. The van der Waals surface area contributed by atoms with Crippen molar-refractivity contribution in [2.75, 3.05) is 7.11 Å². The molecular weight excluding hydrogens is 318 g/mol. The highest BCUT2D eigenvalue weighted by Crippen LogP contribution is 2.13. The Hall–Kier alpha value is -3.15. The SMILES string of the molecule is CCn1nc(C(=O)NCc2cccc(OC)c2)c(=O)c2ccccc21. The maximum atomic E-state index is 12.6. The molecular formula is C19H19N3O3. The Morgan fingerprint density at radius 2 is 2.00 bits per heavy atom. The molecule has 0 fully saturated rings. The minimum absolute atomic E-state index is 0.0940. The van der Waals surface area contributed by atoms with E-state index in [1.807, 2.05) is 43.3 Å². The molecule has 0 saturated heterocycles. The Labute approximate surface area is 145 Å². The van der Waals surface area contributed by atoms with Gasteiger partial charge < -0.3 is 10.1 Å². The van der Waals surface area contributed by atoms with Gasteiger partial charge in [-0.05, 0) is 36.8 Å². The number of nitrogens with zero attached hydrogens (tertiary/aromatic N) is 2. The number of para-hydroxylation sites is 1. The molecule has 1 aromatic heterocycles. The minimum atomic E-state index is -0.485. The minimum Gasteiger partial charge on any atom is -0.497 e. The quantitative estimate of drug-likeness (QED) is 0.776. The van der Waals surface area contributed by atoms with Crippen molar-refractivity contribution in [3.05, 3.63) is 70.0 Å². The van der Waals surface area contributed by atoms with Gasteiger partial charge in [0.2, 0.25) is 5.43 Å². The molecule has 0 aliphatic heterocycles. The molecule has 0 aliphatic rings. The highest BCUT2D eigenvalue weighted by molar-refractivity contribution is 5.95. The molecule has 1 amide bonds. The predicted octanol–water partition coefficient (Wildman–Crippen LogP) is 2.36. The fourth-order valence-electron chi connectivity index (χ4n) is 2.68. The lowest BCUT2D eigenvalue weighted by Crippen LogP contribution is -2.31. The molecule has 3 aromatic rings. The van der Waals surface area contributed by atoms with Crippen LogP contribution in [0.1, 0.15) is 23.0 Å². The van der Waals surface area contributed by atoms with Gasteiger partial charge in [-0.3, -0.25) is 14.3 Å². The van der Waals surface area contributed by atoms with E-state index in [0.717, 1.165) is 11.1 Å². The maximum absolute atomic E-state index is 12.6. The van der Waals surface area contributed by atoms with Crippen LogP contribution in [0.2, 0.25) is 0 Å². The second-order valence-electron chi connectivity index (χ2n) is 5.54. The van der Waals surface area contributed by atoms with E-state index in [-0.39, 0.29) is 17.7 Å². The fraction of sp³-hybridized carbons (Fsp3) is 0.211. The second-order valence-corrected chi connectivity index (χ2v) is 5.54. The van der Waals surface area contributed by atoms with Gasteiger partial charge in [-0.2, -0.15) is 5.10 Å². The van der Waals surface area contributed by atoms with Gasteiger partial charge in [-0.1, -0.05) is 24.3 Å². The molecule has 1 N–H and O–H groups in total. The van der Waals surface area contributed by atoms with E-state index in [4.69, 9.17) is 4.74 Å². The average Bonchev–Trinajstić information content (AvgIpc) is 2.67. The number of benzene rings is 2. The van der Waals surface area contributed by atoms with Gasteiger partial charge in [0, 0.05) is 18.5 Å². The summed E-state index contributed by atoms with van der Waals surface area (Å²) in [5.41, 5.74) is 1.15. The number of nitrogens with one attached hydrogen (secondary N) is 1. The summed E-state index contributed by atoms with van der Waals surface area (Å²) in [6.07, 6.45) is 0. The number of amides is 1. The van der Waals surface area contributed by atoms with Crippen LogP contribution in [0.5, 0.6) is 5.75 Å². The third-order valence-corrected chi connectivity index (χ3v) is 3.96. The first-order valence-corrected chi connectivity index (χ1v) is 8.05. The number of rotatable bonds is 5. The highest BCUT2D eigenvalue weighted by Gasteiger charge is 2.16. The van der Waals surface area contributed by atoms with Gasteiger partial charge in [0.15, 0.2) is 5.69 Å². The Morgan fingerprint density at radius 3 is 2.76 bits per heavy atom. The van der Waals surface area contributed by atoms with Crippen molar-refractivity contribution in [2.45, 2.75) is 20.0 Å². The van der Waals surface area contributed by atoms with E-state index in [0.29, 0.717) is 17.7 Å². The van der Waals surface area contributed by atoms with E-state index >= 15 is 0 Å². The summed E-state index contributed by atoms with van der Waals surface area (Å²) in [5.74, 6) is 0.227. The van der Waals surface area contributed by atoms with Crippen molar-refractivity contribution < 1.29 is 9.53 Å². The summed E-state index contributed by atoms with van der Waals surface area (Å²) in [4.78, 5) is 25.1. The van der Waals surface area contributed by atoms with Crippen molar-refractivity contribution in [3.63, 3.8) is 0 Å². The second kappa shape index (κ2) is 7.17. The van der Waals surface area contributed by atoms with E-state index in [1.54, 1.807) is 23.9 Å². The van der Waals surface area contributed by atoms with Gasteiger partial charge >= 0.3 is 0 Å². The third kappa shape index (κ3) is 3.38. The van der Waals surface area contributed by atoms with Crippen LogP contribution in [0.25, 0.3) is 10.9 Å². The summed E-state index contributed by atoms with van der Waals surface area (Å²) in [5, 5.41) is 7.48. The van der Waals surface area contributed by atoms with E-state index < -0.39 is 5.91 Å². The van der Waals surface area contributed by atoms with Gasteiger partial charge in [-0.25, -0.2) is 0 Å². The monoisotopic (exact) mass is 337 g/mol. The Bertz CT molecular complexity index is 979. The molecule has 0 aliphatic carbocycles. The van der Waals surface area contributed by atoms with Gasteiger partial charge in [0.1, 0.15) is 5.75 Å². The number of carbonyl (C=O) groups excluding carboxylic acids is 1. The van der Waals surface area contributed by atoms with Crippen LogP contribution < -0.4 is 15.5 Å². The summed E-state index contributed by atoms with van der Waals surface area (Å²) in [6, 6.07) is 14.5. The third-order valence-electron chi connectivity index (χ3n) is 3.96. The number of methoxy groups -OCH3 is 1. The topological polar surface area (TPSA) is 73.2 Å². The van der Waals surface area contributed by atoms with Crippen molar-refractivity contribution >= 4 is 16.8 Å². The average molecular weight is 337 g/mol. The summed E-state index contributed by atoms with van der Waals surface area (Å²) in [7, 11) is 1.59. The van der Waals surface area contributed by atoms with Crippen molar-refractivity contribution in [1.82, 2.24) is 15.1 Å². The Balaban J connectivity index is 1.89. The smallest absolute Gasteiger partial charge is 0.276 e. The number of fused-ring (bicyclic) bond motifs is 1. The largest absolute Gasteiger partial charge is 0.497 e. The molecule has 128 valence electrons. The maximum Gasteiger partial charge on any atom is 0.276 e. The molecule has 0 unspecified atom stereocenters. The Morgan fingerprint density at radius 1 is 1.20 bits per heavy atom. The lowest BCUT2D eigenvalue weighted by Gasteiger charge is -2.10. The van der Waals surface area contributed by atoms with Gasteiger partial charge in [-0.15, -0.1) is 0 Å². The molecule has 25 heavy (non-hydrogen) atoms. The molecule has 6 nitrogen and oxygen atoms in total. The fourth-order valence-corrected chi connectivity index (χ4v) is 2.68. The van der Waals surface area contributed by atoms with Gasteiger partial charge in [0.25, 0.3) is 5.91 Å². The van der Waals surface area contributed by atoms with E-state index in [9.17, 15) is 9.59 Å². The summed E-state index contributed by atoms with van der Waals surface area (Å²) < 4.78 is 6.83. The number of ether oxygens (including phenoxy) is 1. The molecule has 1 heterocycles. The number of carbonyl (C=O) groups is 1. The molecule has 0 spiro atoms. The molecule has 0 atom stereocenters. The normalized spacial score (nSPS) is 10.6. The molecule has 0 saturated carbocycles. The zero-order valence-electron chi connectivity index (χ0n) is 14.2. The van der Waals surface area contributed by atoms with E-state index in [1.165, 1.54) is 0 Å². The molecule has 3 rings (SSSR count). The first-order valence-electron chi connectivity index (χ1n) is 8.05. The zero-order valence-corrected chi connectivity index (χ0v) is 14.2. The molecule has 0 bridgehead atoms. The molecule has 6 heteroatoms. The lowest BCUT2D eigenvalue weighted by atomic mass is 10.2. The van der Waals surface area contributed by atoms with Gasteiger partial charge in [0.05, 0.1) is 12.6 Å². The Kier molecular flexibility index (Phi) is 4.79. The highest BCUT2D eigenvalue weighted by atomic mass is 16.5. The van der Waals surface area contributed by atoms with Crippen LogP contribution in [0, 0.1) is 0 Å². The van der Waals surface area contributed by atoms with Crippen molar-refractivity contribution in [2.24, 2.45) is 0 Å². The molecule has 2 aromatic carbocycles. The first-order chi connectivity index (χ1) is 12.1. The predicted molar refractivity (Wildman–Crippen MR) is 95.8 cm³/mol. The van der Waals surface area contributed by atoms with E-state index in [2.05, 4.69) is 10.4 Å². The first kappa shape index (κ1) is 16.7. The van der Waals surface area contributed by atoms with Crippen LogP contribution in [0.3, 0.4) is 0 Å². The lowest BCUT2D eigenvalue weighted by molar-refractivity contribution is 0.0942. The summed E-state index contributed by atoms with van der Waals surface area (Å²) in [6.45, 7) is 2.77. The van der Waals surface area contributed by atoms with Crippen LogP contribution in [0.4, 0.5) is 0 Å². The van der Waals surface area contributed by atoms with Crippen LogP contribution in [-0.4, -0.2) is 22.8 Å². The molecule has 0 radical (unpaired) electrons. The number of aryl methyl sites for hydroxylation is 1. The van der Waals surface area contributed by atoms with Crippen LogP contribution >= 0.6 is 0 Å².